The Hall–Kier alpha value is -8.20. The van der Waals surface area contributed by atoms with Crippen LogP contribution in [0.25, 0.3) is 55.6 Å². The topological polar surface area (TPSA) is 15.3 Å². The van der Waals surface area contributed by atoms with Gasteiger partial charge in [-0.2, -0.15) is 0 Å². The van der Waals surface area contributed by atoms with E-state index < -0.39 is 0 Å². The van der Waals surface area contributed by atoms with Crippen LogP contribution in [0.1, 0.15) is 0 Å². The highest BCUT2D eigenvalue weighted by Gasteiger charge is 2.14. The molecule has 0 saturated heterocycles. The number of anilines is 5. The van der Waals surface area contributed by atoms with Crippen molar-refractivity contribution >= 4 is 28.4 Å². The Morgan fingerprint density at radius 2 is 0.355 bits per heavy atom. The largest absolute Gasteiger partial charge is 0.356 e. The fraction of sp³-hybridized carbons (Fsp3) is 0. The zero-order valence-corrected chi connectivity index (χ0v) is 34.4. The van der Waals surface area contributed by atoms with E-state index in [9.17, 15) is 0 Å². The van der Waals surface area contributed by atoms with Crippen LogP contribution in [0.2, 0.25) is 0 Å². The van der Waals surface area contributed by atoms with E-state index in [1.165, 1.54) is 55.6 Å². The maximum absolute atomic E-state index is 3.46. The first-order valence-corrected chi connectivity index (χ1v) is 21.1. The average molecular weight is 795 g/mol. The van der Waals surface area contributed by atoms with Crippen LogP contribution in [0.5, 0.6) is 0 Å². The van der Waals surface area contributed by atoms with Gasteiger partial charge in [-0.3, -0.25) is 0 Å². The Labute approximate surface area is 365 Å². The molecule has 0 aliphatic heterocycles. The molecule has 1 N–H and O–H groups in total. The molecule has 0 aliphatic carbocycles. The van der Waals surface area contributed by atoms with Crippen LogP contribution in [0.15, 0.2) is 273 Å². The van der Waals surface area contributed by atoms with E-state index in [2.05, 4.69) is 271 Å². The standard InChI is InChI=1S/C36H27N.C24H19N/c1-4-10-28(11-5-1)31-16-22-34(23-17-31)37(35-24-18-32(19-25-35)29-12-6-2-7-13-29)36-26-20-33(21-27-36)30-14-8-3-9-15-30;1-3-7-19(8-4-1)21-11-15-23(16-12-21)25-24-17-13-22(14-18-24)20-9-5-2-6-10-20/h1-27H;1-18,25H. The van der Waals surface area contributed by atoms with E-state index >= 15 is 0 Å². The predicted octanol–water partition coefficient (Wildman–Crippen LogP) is 16.9. The van der Waals surface area contributed by atoms with Crippen molar-refractivity contribution in [3.63, 3.8) is 0 Å². The summed E-state index contributed by atoms with van der Waals surface area (Å²) in [6.07, 6.45) is 0. The quantitative estimate of drug-likeness (QED) is 0.148. The first-order chi connectivity index (χ1) is 30.7. The first-order valence-electron chi connectivity index (χ1n) is 21.1. The number of hydrogen-bond donors (Lipinski definition) is 1. The molecule has 0 bridgehead atoms. The van der Waals surface area contributed by atoms with Gasteiger partial charge in [-0.1, -0.05) is 212 Å². The number of nitrogens with zero attached hydrogens (tertiary/aromatic N) is 1. The molecule has 0 spiro atoms. The van der Waals surface area contributed by atoms with E-state index in [1.807, 2.05) is 12.1 Å². The summed E-state index contributed by atoms with van der Waals surface area (Å²) in [7, 11) is 0. The fourth-order valence-corrected chi connectivity index (χ4v) is 7.67. The molecule has 296 valence electrons. The van der Waals surface area contributed by atoms with Crippen LogP contribution in [0.4, 0.5) is 28.4 Å². The summed E-state index contributed by atoms with van der Waals surface area (Å²) in [5, 5.41) is 3.46. The van der Waals surface area contributed by atoms with Gasteiger partial charge in [0.15, 0.2) is 0 Å². The SMILES string of the molecule is c1ccc(-c2ccc(N(c3ccc(-c4ccccc4)cc3)c3ccc(-c4ccccc4)cc3)cc2)cc1.c1ccc(-c2ccc(Nc3ccc(-c4ccccc4)cc3)cc2)cc1. The zero-order valence-electron chi connectivity index (χ0n) is 34.4. The van der Waals surface area contributed by atoms with Crippen molar-refractivity contribution in [2.24, 2.45) is 0 Å². The second-order valence-corrected chi connectivity index (χ2v) is 15.1. The molecule has 0 atom stereocenters. The Balaban J connectivity index is 0.000000171. The maximum Gasteiger partial charge on any atom is 0.0462 e. The molecular weight excluding hydrogens is 749 g/mol. The van der Waals surface area contributed by atoms with Gasteiger partial charge >= 0.3 is 0 Å². The highest BCUT2D eigenvalue weighted by molar-refractivity contribution is 5.81. The molecule has 0 fully saturated rings. The summed E-state index contributed by atoms with van der Waals surface area (Å²) in [6, 6.07) is 95.9. The smallest absolute Gasteiger partial charge is 0.0462 e. The van der Waals surface area contributed by atoms with Crippen LogP contribution in [-0.2, 0) is 0 Å². The van der Waals surface area contributed by atoms with E-state index in [0.29, 0.717) is 0 Å². The van der Waals surface area contributed by atoms with Gasteiger partial charge in [0.05, 0.1) is 0 Å². The third-order valence-corrected chi connectivity index (χ3v) is 11.0. The first kappa shape index (κ1) is 39.3. The Kier molecular flexibility index (Phi) is 12.2. The number of rotatable bonds is 10. The van der Waals surface area contributed by atoms with Crippen LogP contribution in [0, 0.1) is 0 Å². The van der Waals surface area contributed by atoms with Gasteiger partial charge < -0.3 is 10.2 Å². The molecule has 0 radical (unpaired) electrons. The van der Waals surface area contributed by atoms with Crippen molar-refractivity contribution in [3.05, 3.63) is 273 Å². The summed E-state index contributed by atoms with van der Waals surface area (Å²) in [5.74, 6) is 0. The molecule has 0 unspecified atom stereocenters. The molecule has 10 aromatic rings. The second-order valence-electron chi connectivity index (χ2n) is 15.1. The minimum Gasteiger partial charge on any atom is -0.356 e. The van der Waals surface area contributed by atoms with E-state index in [0.717, 1.165) is 28.4 Å². The summed E-state index contributed by atoms with van der Waals surface area (Å²) in [5.41, 5.74) is 17.8. The highest BCUT2D eigenvalue weighted by atomic mass is 15.1. The van der Waals surface area contributed by atoms with Crippen molar-refractivity contribution in [2.75, 3.05) is 10.2 Å². The average Bonchev–Trinajstić information content (AvgIpc) is 3.37. The molecular formula is C60H46N2. The zero-order chi connectivity index (χ0) is 41.8. The van der Waals surface area contributed by atoms with Crippen molar-refractivity contribution in [1.29, 1.82) is 0 Å². The second kappa shape index (κ2) is 19.2. The summed E-state index contributed by atoms with van der Waals surface area (Å²) >= 11 is 0. The molecule has 2 heteroatoms. The highest BCUT2D eigenvalue weighted by Crippen LogP contribution is 2.38. The summed E-state index contributed by atoms with van der Waals surface area (Å²) in [6.45, 7) is 0. The van der Waals surface area contributed by atoms with Crippen molar-refractivity contribution in [3.8, 4) is 55.6 Å². The molecule has 0 saturated carbocycles. The normalized spacial score (nSPS) is 10.6. The van der Waals surface area contributed by atoms with Gasteiger partial charge in [0.25, 0.3) is 0 Å². The van der Waals surface area contributed by atoms with Crippen molar-refractivity contribution in [1.82, 2.24) is 0 Å². The van der Waals surface area contributed by atoms with Gasteiger partial charge in [-0.15, -0.1) is 0 Å². The maximum atomic E-state index is 3.46. The number of benzene rings is 10. The van der Waals surface area contributed by atoms with E-state index in [-0.39, 0.29) is 0 Å². The third-order valence-electron chi connectivity index (χ3n) is 11.0. The Morgan fingerprint density at radius 3 is 0.565 bits per heavy atom. The predicted molar refractivity (Wildman–Crippen MR) is 264 cm³/mol. The minimum atomic E-state index is 1.09. The van der Waals surface area contributed by atoms with Gasteiger partial charge in [0.2, 0.25) is 0 Å². The van der Waals surface area contributed by atoms with Crippen molar-refractivity contribution < 1.29 is 0 Å². The van der Waals surface area contributed by atoms with Crippen LogP contribution in [-0.4, -0.2) is 0 Å². The van der Waals surface area contributed by atoms with Crippen LogP contribution in [0.3, 0.4) is 0 Å². The fourth-order valence-electron chi connectivity index (χ4n) is 7.67. The van der Waals surface area contributed by atoms with E-state index in [4.69, 9.17) is 0 Å². The molecule has 0 aliphatic rings. The lowest BCUT2D eigenvalue weighted by Gasteiger charge is -2.26. The third kappa shape index (κ3) is 9.63. The van der Waals surface area contributed by atoms with Crippen LogP contribution < -0.4 is 10.2 Å². The lowest BCUT2D eigenvalue weighted by atomic mass is 10.0. The Bertz CT molecular complexity index is 2600. The molecule has 10 rings (SSSR count). The summed E-state index contributed by atoms with van der Waals surface area (Å²) < 4.78 is 0. The van der Waals surface area contributed by atoms with E-state index in [1.54, 1.807) is 0 Å². The van der Waals surface area contributed by atoms with Gasteiger partial charge in [-0.25, -0.2) is 0 Å². The number of hydrogen-bond acceptors (Lipinski definition) is 2. The van der Waals surface area contributed by atoms with Gasteiger partial charge in [0, 0.05) is 28.4 Å². The lowest BCUT2D eigenvalue weighted by molar-refractivity contribution is 1.28. The molecule has 0 aromatic heterocycles. The summed E-state index contributed by atoms with van der Waals surface area (Å²) in [4.78, 5) is 2.32. The molecule has 0 amide bonds. The van der Waals surface area contributed by atoms with Crippen molar-refractivity contribution in [2.45, 2.75) is 0 Å². The number of nitrogens with one attached hydrogen (secondary N) is 1. The minimum absolute atomic E-state index is 1.09. The van der Waals surface area contributed by atoms with Gasteiger partial charge in [-0.05, 0) is 116 Å². The molecule has 10 aromatic carbocycles. The monoisotopic (exact) mass is 794 g/mol. The lowest BCUT2D eigenvalue weighted by Crippen LogP contribution is -2.09. The molecule has 0 heterocycles. The van der Waals surface area contributed by atoms with Gasteiger partial charge in [0.1, 0.15) is 0 Å². The van der Waals surface area contributed by atoms with Crippen LogP contribution >= 0.6 is 0 Å². The Morgan fingerprint density at radius 1 is 0.177 bits per heavy atom. The molecule has 62 heavy (non-hydrogen) atoms. The molecule has 2 nitrogen and oxygen atoms in total.